The number of aromatic amines is 1. The van der Waals surface area contributed by atoms with Crippen LogP contribution in [0.15, 0.2) is 194 Å². The third-order valence-corrected chi connectivity index (χ3v) is 24.5. The minimum atomic E-state index is -6.15. The van der Waals surface area contributed by atoms with Gasteiger partial charge in [-0.25, -0.2) is 22.5 Å². The number of piperazine rings is 3. The van der Waals surface area contributed by atoms with Crippen LogP contribution in [0.1, 0.15) is 55.6 Å². The average Bonchev–Trinajstić information content (AvgIpc) is 1.53. The van der Waals surface area contributed by atoms with Crippen molar-refractivity contribution in [1.29, 1.82) is 0 Å². The van der Waals surface area contributed by atoms with Gasteiger partial charge in [0.15, 0.2) is 6.61 Å². The molecule has 6 aliphatic heterocycles. The Bertz CT molecular complexity index is 6150. The van der Waals surface area contributed by atoms with E-state index >= 15 is 0 Å². The summed E-state index contributed by atoms with van der Waals surface area (Å²) in [7, 11) is -6.15. The third-order valence-electron chi connectivity index (χ3n) is 21.3. The smallest absolute Gasteiger partial charge is 0.368 e. The van der Waals surface area contributed by atoms with Gasteiger partial charge in [-0.2, -0.15) is 74.3 Å². The Morgan fingerprint density at radius 2 is 0.738 bits per heavy atom. The van der Waals surface area contributed by atoms with Gasteiger partial charge in [-0.15, -0.1) is 0 Å². The van der Waals surface area contributed by atoms with Crippen LogP contribution in [0.25, 0.3) is 0 Å². The summed E-state index contributed by atoms with van der Waals surface area (Å²) in [5.41, 5.74) is -3.16. The lowest BCUT2D eigenvalue weighted by atomic mass is 9.93. The summed E-state index contributed by atoms with van der Waals surface area (Å²) in [5, 5.41) is 10.2. The first-order valence-electron chi connectivity index (χ1n) is 38.6. The molecule has 3 N–H and O–H groups in total. The van der Waals surface area contributed by atoms with Gasteiger partial charge < -0.3 is 44.9 Å². The molecule has 3 amide bonds. The number of amides is 3. The minimum absolute atomic E-state index is 0.0160. The molecule has 6 aromatic carbocycles. The molecule has 0 saturated carbocycles. The monoisotopic (exact) mass is 1980 g/mol. The number of alkyl halides is 15. The summed E-state index contributed by atoms with van der Waals surface area (Å²) in [6, 6.07) is 32.0. The molecule has 3 fully saturated rings. The van der Waals surface area contributed by atoms with Crippen molar-refractivity contribution in [3.8, 4) is 0 Å². The number of hydrogen-bond acceptors (Lipinski definition) is 15. The normalized spacial score (nSPS) is 17.5. The topological polar surface area (TPSA) is 233 Å². The second kappa shape index (κ2) is 38.9. The number of nitrogens with one attached hydrogen (secondary N) is 3. The summed E-state index contributed by atoms with van der Waals surface area (Å²) in [5.74, 6) is -2.07. The van der Waals surface area contributed by atoms with Crippen molar-refractivity contribution in [3.63, 3.8) is 0 Å². The van der Waals surface area contributed by atoms with Gasteiger partial charge in [0.2, 0.25) is 0 Å². The molecule has 698 valence electrons. The maximum Gasteiger partial charge on any atom is 0.523 e. The summed E-state index contributed by atoms with van der Waals surface area (Å²) >= 11 is 37.1. The predicted molar refractivity (Wildman–Crippen MR) is 450 cm³/mol. The fourth-order valence-corrected chi connectivity index (χ4v) is 16.7. The van der Waals surface area contributed by atoms with Crippen LogP contribution in [0.2, 0.25) is 30.1 Å². The van der Waals surface area contributed by atoms with E-state index in [4.69, 9.17) is 69.6 Å². The van der Waals surface area contributed by atoms with Crippen LogP contribution >= 0.6 is 69.6 Å². The van der Waals surface area contributed by atoms with Crippen molar-refractivity contribution in [1.82, 2.24) is 43.2 Å². The zero-order chi connectivity index (χ0) is 95.1. The van der Waals surface area contributed by atoms with E-state index < -0.39 is 113 Å². The largest absolute Gasteiger partial charge is 0.523 e. The highest BCUT2D eigenvalue weighted by atomic mass is 35.5. The molecule has 130 heavy (non-hydrogen) atoms. The molecule has 0 aliphatic carbocycles. The standard InChI is InChI=1S/C28H24Cl2F7N5O2.C26H23Cl2F4N5O2.C24H22Cl2FN5O2.C3H2F6O3S/c1-16-24(26(44)39-10-8-38(9-11-39)19-5-3-18(31)4-6-19)25(17-2-7-20(29)21(30)12-17)42-22(40(16)14-27(32,33)34)13-23(43)41(42)15-28(35,36)37;1-15-23(25(39)35-10-8-34(9-11-35)18-5-3-17(29)4-6-18)24(16-2-7-19(27)20(28)12-16)37-21(33-15)13-22(38)36(37)14-26(30,31)32;1-14-22(24(34)31-10-8-30(9-11-31)17-5-3-16(27)4-6-17)23(15-2-7-18(25)19(26)12-15)32-20(28-14)13-21(33)29-32;4-2(5,6)1-12-13(10,11)3(7,8)9/h2-7,12-13,25H,8-11,14-15H2,1H3;2-7,12-13,24,33H,8-11,14H2,1H3;2-7,12-13,23,28H,8-11H2,1H3,(H,29,33);1H2. The van der Waals surface area contributed by atoms with Crippen molar-refractivity contribution in [2.75, 3.05) is 122 Å². The Morgan fingerprint density at radius 1 is 0.400 bits per heavy atom. The van der Waals surface area contributed by atoms with E-state index in [1.807, 2.05) is 16.7 Å². The molecule has 3 atom stereocenters. The number of fused-ring (bicyclic) bond motifs is 3. The molecule has 6 aliphatic rings. The van der Waals surface area contributed by atoms with Gasteiger partial charge >= 0.3 is 40.3 Å². The number of carbonyl (C=O) groups is 3. The molecular formula is C81H71Cl6F18N15O9S. The molecule has 9 heterocycles. The highest BCUT2D eigenvalue weighted by Crippen LogP contribution is 2.46. The second-order valence-corrected chi connectivity index (χ2v) is 34.0. The number of halogens is 24. The molecular weight excluding hydrogens is 1910 g/mol. The van der Waals surface area contributed by atoms with Crippen molar-refractivity contribution in [2.45, 2.75) is 82.2 Å². The van der Waals surface area contributed by atoms with E-state index in [-0.39, 0.29) is 95.1 Å². The fourth-order valence-electron chi connectivity index (χ4n) is 15.4. The highest BCUT2D eigenvalue weighted by molar-refractivity contribution is 7.87. The molecule has 3 aromatic heterocycles. The first-order valence-corrected chi connectivity index (χ1v) is 42.3. The molecule has 3 saturated heterocycles. The summed E-state index contributed by atoms with van der Waals surface area (Å²) in [6.07, 6.45) is -19.6. The van der Waals surface area contributed by atoms with Gasteiger partial charge in [0.25, 0.3) is 34.4 Å². The Labute approximate surface area is 755 Å². The van der Waals surface area contributed by atoms with Crippen LogP contribution in [0.4, 0.5) is 114 Å². The fraction of sp³-hybridized carbons (Fsp3) is 0.333. The van der Waals surface area contributed by atoms with Crippen molar-refractivity contribution >= 4 is 132 Å². The number of hydrogen-bond donors (Lipinski definition) is 3. The number of nitrogens with zero attached hydrogens (tertiary/aromatic N) is 12. The van der Waals surface area contributed by atoms with E-state index in [2.05, 4.69) is 24.8 Å². The SMILES string of the molecule is CC1=C(C(=O)N2CCN(c3ccc(F)cc3)CC2)C(c2ccc(Cl)c(Cl)c2)n2[nH]c(=O)cc2N1.CC1=C(C(=O)N2CCN(c3ccc(F)cc3)CC2)C(c2ccc(Cl)c(Cl)c2)n2c(cc(=O)n2CC(F)(F)F)N1.CC1=C(C(=O)N2CCN(c3ccc(F)cc3)CC2)C(c2ccc(Cl)c(Cl)c2)n2c(cc(=O)n2CC(F)(F)F)N1CC(F)(F)F.O=S(=O)(OCC(F)(F)F)C(F)(F)F. The number of carbonyl (C=O) groups excluding carboxylic acids is 3. The van der Waals surface area contributed by atoms with E-state index in [1.54, 1.807) is 82.1 Å². The number of H-pyrrole nitrogens is 1. The number of aromatic nitrogens is 6. The number of rotatable bonds is 14. The molecule has 15 rings (SSSR count). The van der Waals surface area contributed by atoms with Crippen LogP contribution in [0.5, 0.6) is 0 Å². The van der Waals surface area contributed by atoms with E-state index in [1.165, 1.54) is 84.6 Å². The van der Waals surface area contributed by atoms with E-state index in [0.29, 0.717) is 125 Å². The lowest BCUT2D eigenvalue weighted by Gasteiger charge is -2.42. The number of benzene rings is 6. The van der Waals surface area contributed by atoms with Crippen LogP contribution < -0.4 is 46.9 Å². The average molecular weight is 1990 g/mol. The Hall–Kier alpha value is -10.8. The number of allylic oxidation sites excluding steroid dienone is 3. The van der Waals surface area contributed by atoms with E-state index in [9.17, 15) is 116 Å². The zero-order valence-corrected chi connectivity index (χ0v) is 72.8. The predicted octanol–water partition coefficient (Wildman–Crippen LogP) is 17.2. The summed E-state index contributed by atoms with van der Waals surface area (Å²) < 4.78 is 257. The van der Waals surface area contributed by atoms with Crippen molar-refractivity contribution in [3.05, 3.63) is 275 Å². The van der Waals surface area contributed by atoms with Crippen molar-refractivity contribution in [2.24, 2.45) is 0 Å². The Morgan fingerprint density at radius 3 is 1.10 bits per heavy atom. The molecule has 24 nitrogen and oxygen atoms in total. The van der Waals surface area contributed by atoms with Gasteiger partial charge in [-0.05, 0) is 147 Å². The minimum Gasteiger partial charge on any atom is -0.368 e. The third kappa shape index (κ3) is 22.8. The molecule has 9 aromatic rings. The van der Waals surface area contributed by atoms with Gasteiger partial charge in [0.05, 0.1) is 46.9 Å². The maximum absolute atomic E-state index is 14.2. The van der Waals surface area contributed by atoms with Crippen LogP contribution in [-0.2, 0) is 41.8 Å². The van der Waals surface area contributed by atoms with E-state index in [0.717, 1.165) is 32.4 Å². The van der Waals surface area contributed by atoms with Crippen LogP contribution in [0.3, 0.4) is 0 Å². The molecule has 49 heteroatoms. The van der Waals surface area contributed by atoms with Gasteiger partial charge in [-0.1, -0.05) is 87.8 Å². The zero-order valence-electron chi connectivity index (χ0n) is 67.4. The number of anilines is 6. The summed E-state index contributed by atoms with van der Waals surface area (Å²) in [4.78, 5) is 91.2. The second-order valence-electron chi connectivity index (χ2n) is 29.9. The Kier molecular flexibility index (Phi) is 29.4. The van der Waals surface area contributed by atoms with Crippen molar-refractivity contribution < 1.29 is 106 Å². The first kappa shape index (κ1) is 98.2. The molecule has 0 bridgehead atoms. The Balaban J connectivity index is 0.000000166. The summed E-state index contributed by atoms with van der Waals surface area (Å²) in [6.45, 7) is 1.88. The van der Waals surface area contributed by atoms with Gasteiger partial charge in [-0.3, -0.25) is 52.1 Å². The molecule has 3 unspecified atom stereocenters. The highest BCUT2D eigenvalue weighted by Gasteiger charge is 2.50. The molecule has 0 radical (unpaired) electrons. The lowest BCUT2D eigenvalue weighted by Crippen LogP contribution is -2.51. The molecule has 0 spiro atoms. The quantitative estimate of drug-likeness (QED) is 0.0522. The van der Waals surface area contributed by atoms with Crippen LogP contribution in [0, 0.1) is 17.5 Å². The first-order chi connectivity index (χ1) is 60.7. The lowest BCUT2D eigenvalue weighted by molar-refractivity contribution is -0.156. The van der Waals surface area contributed by atoms with Crippen LogP contribution in [-0.4, -0.2) is 191 Å². The van der Waals surface area contributed by atoms with Gasteiger partial charge in [0, 0.05) is 131 Å². The van der Waals surface area contributed by atoms with Gasteiger partial charge in [0.1, 0.15) is 72.7 Å². The maximum atomic E-state index is 14.2.